The molecule has 84 valence electrons. The van der Waals surface area contributed by atoms with E-state index in [1.807, 2.05) is 19.9 Å². The van der Waals surface area contributed by atoms with E-state index in [2.05, 4.69) is 4.98 Å². The fourth-order valence-corrected chi connectivity index (χ4v) is 1.14. The van der Waals surface area contributed by atoms with Crippen LogP contribution in [0.25, 0.3) is 0 Å². The molecule has 0 bridgehead atoms. The number of hydrogen-bond acceptors (Lipinski definition) is 4. The van der Waals surface area contributed by atoms with Gasteiger partial charge in [-0.2, -0.15) is 0 Å². The highest BCUT2D eigenvalue weighted by atomic mass is 16.5. The standard InChI is InChI=1S/C11H18N2O2/c1-9(2)14-5-6-15-11-3-4-13-8-10(11)7-12/h3-4,8-9H,5-7,12H2,1-2H3. The van der Waals surface area contributed by atoms with Crippen LogP contribution in [0.5, 0.6) is 5.75 Å². The molecule has 0 amide bonds. The van der Waals surface area contributed by atoms with Crippen LogP contribution >= 0.6 is 0 Å². The molecule has 0 aliphatic rings. The smallest absolute Gasteiger partial charge is 0.126 e. The first kappa shape index (κ1) is 11.9. The molecule has 2 N–H and O–H groups in total. The highest BCUT2D eigenvalue weighted by Gasteiger charge is 2.01. The lowest BCUT2D eigenvalue weighted by Gasteiger charge is -2.11. The SMILES string of the molecule is CC(C)OCCOc1ccncc1CN. The molecule has 0 saturated carbocycles. The van der Waals surface area contributed by atoms with Crippen LogP contribution in [0.15, 0.2) is 18.5 Å². The van der Waals surface area contributed by atoms with Gasteiger partial charge < -0.3 is 15.2 Å². The third-order valence-electron chi connectivity index (χ3n) is 1.87. The molecule has 0 radical (unpaired) electrons. The molecule has 4 heteroatoms. The summed E-state index contributed by atoms with van der Waals surface area (Å²) in [7, 11) is 0. The Kier molecular flexibility index (Phi) is 5.07. The molecule has 0 spiro atoms. The van der Waals surface area contributed by atoms with Gasteiger partial charge in [-0.1, -0.05) is 0 Å². The van der Waals surface area contributed by atoms with Crippen molar-refractivity contribution in [2.75, 3.05) is 13.2 Å². The van der Waals surface area contributed by atoms with Crippen molar-refractivity contribution in [1.29, 1.82) is 0 Å². The lowest BCUT2D eigenvalue weighted by molar-refractivity contribution is 0.0550. The third-order valence-corrected chi connectivity index (χ3v) is 1.87. The van der Waals surface area contributed by atoms with Crippen molar-refractivity contribution in [2.45, 2.75) is 26.5 Å². The van der Waals surface area contributed by atoms with Crippen molar-refractivity contribution in [3.8, 4) is 5.75 Å². The Morgan fingerprint density at radius 3 is 2.87 bits per heavy atom. The van der Waals surface area contributed by atoms with Crippen LogP contribution in [-0.4, -0.2) is 24.3 Å². The van der Waals surface area contributed by atoms with Crippen molar-refractivity contribution in [3.63, 3.8) is 0 Å². The van der Waals surface area contributed by atoms with Crippen molar-refractivity contribution in [1.82, 2.24) is 4.98 Å². The van der Waals surface area contributed by atoms with E-state index in [1.54, 1.807) is 12.4 Å². The van der Waals surface area contributed by atoms with E-state index in [0.29, 0.717) is 19.8 Å². The molecule has 0 saturated heterocycles. The molecule has 0 aliphatic carbocycles. The molecule has 1 rings (SSSR count). The highest BCUT2D eigenvalue weighted by Crippen LogP contribution is 2.15. The summed E-state index contributed by atoms with van der Waals surface area (Å²) in [5.41, 5.74) is 6.47. The maximum Gasteiger partial charge on any atom is 0.126 e. The average molecular weight is 210 g/mol. The first-order valence-electron chi connectivity index (χ1n) is 5.11. The van der Waals surface area contributed by atoms with Gasteiger partial charge in [-0.3, -0.25) is 4.98 Å². The number of pyridine rings is 1. The molecule has 0 fully saturated rings. The van der Waals surface area contributed by atoms with Crippen LogP contribution in [0.4, 0.5) is 0 Å². The third kappa shape index (κ3) is 4.27. The van der Waals surface area contributed by atoms with E-state index < -0.39 is 0 Å². The zero-order valence-electron chi connectivity index (χ0n) is 9.27. The van der Waals surface area contributed by atoms with E-state index in [9.17, 15) is 0 Å². The number of ether oxygens (including phenoxy) is 2. The molecule has 0 aromatic carbocycles. The van der Waals surface area contributed by atoms with Gasteiger partial charge in [0.2, 0.25) is 0 Å². The first-order chi connectivity index (χ1) is 7.24. The van der Waals surface area contributed by atoms with E-state index in [1.165, 1.54) is 0 Å². The van der Waals surface area contributed by atoms with Crippen LogP contribution < -0.4 is 10.5 Å². The van der Waals surface area contributed by atoms with Crippen LogP contribution in [0.3, 0.4) is 0 Å². The second kappa shape index (κ2) is 6.37. The van der Waals surface area contributed by atoms with Gasteiger partial charge in [0, 0.05) is 24.5 Å². The summed E-state index contributed by atoms with van der Waals surface area (Å²) in [5.74, 6) is 0.792. The predicted octanol–water partition coefficient (Wildman–Crippen LogP) is 1.34. The second-order valence-electron chi connectivity index (χ2n) is 3.46. The Morgan fingerprint density at radius 2 is 2.20 bits per heavy atom. The molecule has 15 heavy (non-hydrogen) atoms. The van der Waals surface area contributed by atoms with Gasteiger partial charge in [-0.25, -0.2) is 0 Å². The number of aromatic nitrogens is 1. The van der Waals surface area contributed by atoms with E-state index >= 15 is 0 Å². The van der Waals surface area contributed by atoms with Crippen molar-refractivity contribution in [2.24, 2.45) is 5.73 Å². The van der Waals surface area contributed by atoms with Crippen LogP contribution in [0.2, 0.25) is 0 Å². The minimum Gasteiger partial charge on any atom is -0.491 e. The molecule has 1 aromatic heterocycles. The van der Waals surface area contributed by atoms with Crippen LogP contribution in [0, 0.1) is 0 Å². The number of hydrogen-bond donors (Lipinski definition) is 1. The molecule has 0 unspecified atom stereocenters. The zero-order chi connectivity index (χ0) is 11.1. The van der Waals surface area contributed by atoms with Crippen molar-refractivity contribution in [3.05, 3.63) is 24.0 Å². The Labute approximate surface area is 90.4 Å². The van der Waals surface area contributed by atoms with Gasteiger partial charge in [0.25, 0.3) is 0 Å². The molecular formula is C11H18N2O2. The topological polar surface area (TPSA) is 57.4 Å². The lowest BCUT2D eigenvalue weighted by Crippen LogP contribution is -2.12. The minimum atomic E-state index is 0.236. The average Bonchev–Trinajstić information content (AvgIpc) is 2.24. The van der Waals surface area contributed by atoms with Gasteiger partial charge in [-0.05, 0) is 19.9 Å². The van der Waals surface area contributed by atoms with Crippen molar-refractivity contribution < 1.29 is 9.47 Å². The molecule has 4 nitrogen and oxygen atoms in total. The van der Waals surface area contributed by atoms with Gasteiger partial charge in [0.05, 0.1) is 12.7 Å². The Bertz CT molecular complexity index is 290. The van der Waals surface area contributed by atoms with Gasteiger partial charge in [0.1, 0.15) is 12.4 Å². The Balaban J connectivity index is 2.36. The van der Waals surface area contributed by atoms with E-state index in [4.69, 9.17) is 15.2 Å². The first-order valence-corrected chi connectivity index (χ1v) is 5.11. The summed E-state index contributed by atoms with van der Waals surface area (Å²) >= 11 is 0. The van der Waals surface area contributed by atoms with E-state index in [0.717, 1.165) is 11.3 Å². The lowest BCUT2D eigenvalue weighted by atomic mass is 10.2. The maximum atomic E-state index is 5.55. The number of nitrogens with zero attached hydrogens (tertiary/aromatic N) is 1. The zero-order valence-corrected chi connectivity index (χ0v) is 9.27. The summed E-state index contributed by atoms with van der Waals surface area (Å²) < 4.78 is 10.9. The number of rotatable bonds is 6. The summed E-state index contributed by atoms with van der Waals surface area (Å²) in [6.45, 7) is 5.56. The maximum absolute atomic E-state index is 5.55. The van der Waals surface area contributed by atoms with Crippen LogP contribution in [-0.2, 0) is 11.3 Å². The quantitative estimate of drug-likeness (QED) is 0.720. The summed E-state index contributed by atoms with van der Waals surface area (Å²) in [6.07, 6.45) is 3.65. The fourth-order valence-electron chi connectivity index (χ4n) is 1.14. The van der Waals surface area contributed by atoms with Gasteiger partial charge in [-0.15, -0.1) is 0 Å². The van der Waals surface area contributed by atoms with Crippen molar-refractivity contribution >= 4 is 0 Å². The van der Waals surface area contributed by atoms with Gasteiger partial charge in [0.15, 0.2) is 0 Å². The fraction of sp³-hybridized carbons (Fsp3) is 0.545. The Morgan fingerprint density at radius 1 is 1.40 bits per heavy atom. The molecule has 0 aliphatic heterocycles. The predicted molar refractivity (Wildman–Crippen MR) is 58.7 cm³/mol. The van der Waals surface area contributed by atoms with Crippen LogP contribution in [0.1, 0.15) is 19.4 Å². The Hall–Kier alpha value is -1.13. The molecule has 0 atom stereocenters. The monoisotopic (exact) mass is 210 g/mol. The minimum absolute atomic E-state index is 0.236. The number of nitrogens with two attached hydrogens (primary N) is 1. The summed E-state index contributed by atoms with van der Waals surface area (Å²) in [4.78, 5) is 3.98. The van der Waals surface area contributed by atoms with E-state index in [-0.39, 0.29) is 6.10 Å². The summed E-state index contributed by atoms with van der Waals surface area (Å²) in [5, 5.41) is 0. The van der Waals surface area contributed by atoms with Gasteiger partial charge >= 0.3 is 0 Å². The molecule has 1 aromatic rings. The molecule has 1 heterocycles. The second-order valence-corrected chi connectivity index (χ2v) is 3.46. The largest absolute Gasteiger partial charge is 0.491 e. The summed E-state index contributed by atoms with van der Waals surface area (Å²) in [6, 6.07) is 1.82. The highest BCUT2D eigenvalue weighted by molar-refractivity contribution is 5.29. The normalized spacial score (nSPS) is 10.7. The molecular weight excluding hydrogens is 192 g/mol.